The molecule has 4 aromatic rings. The Hall–Kier alpha value is -1.71. The van der Waals surface area contributed by atoms with E-state index < -0.39 is 11.4 Å². The summed E-state index contributed by atoms with van der Waals surface area (Å²) in [6.45, 7) is 32.7. The van der Waals surface area contributed by atoms with Crippen LogP contribution in [0.1, 0.15) is 154 Å². The number of carbonyl (C=O) groups is 5. The second-order valence-corrected chi connectivity index (χ2v) is 19.5. The van der Waals surface area contributed by atoms with Crippen LogP contribution in [0.25, 0.3) is 0 Å². The fourth-order valence-corrected chi connectivity index (χ4v) is 7.20. The summed E-state index contributed by atoms with van der Waals surface area (Å²) in [5.41, 5.74) is 19.7. The molecule has 0 saturated heterocycles. The van der Waals surface area contributed by atoms with Gasteiger partial charge in [-0.05, 0) is 149 Å². The van der Waals surface area contributed by atoms with Gasteiger partial charge >= 0.3 is 69.3 Å². The van der Waals surface area contributed by atoms with E-state index in [4.69, 9.17) is 50.0 Å². The summed E-state index contributed by atoms with van der Waals surface area (Å²) >= 11 is 17.3. The molecule has 0 saturated carbocycles. The molecule has 0 aromatic heterocycles. The molecule has 69 heavy (non-hydrogen) atoms. The van der Waals surface area contributed by atoms with E-state index in [0.717, 1.165) is 62.9 Å². The number of alkyl halides is 2. The zero-order chi connectivity index (χ0) is 54.0. The number of aryl methyl sites for hydroxylation is 6. The molecule has 2 atom stereocenters. The Labute approximate surface area is 472 Å². The molecule has 0 bridgehead atoms. The van der Waals surface area contributed by atoms with Crippen LogP contribution in [0.2, 0.25) is 0 Å². The van der Waals surface area contributed by atoms with Crippen LogP contribution < -0.4 is 16.3 Å². The Balaban J connectivity index is 0. The average Bonchev–Trinajstić information content (AvgIpc) is 3.25. The molecule has 17 heteroatoms. The van der Waals surface area contributed by atoms with Gasteiger partial charge in [-0.3, -0.25) is 34.9 Å². The van der Waals surface area contributed by atoms with Gasteiger partial charge in [0.25, 0.3) is 23.0 Å². The SMILES string of the molecule is CCC(N(NC(=O)c1cccc(C)c1C)C(=O)c1cc(C)cc(C)c1)C(C)(C)C.CCC(NNC(=O)c1cccc(C)c1C)C(C)(C)C.Cc1cc(C)cc(C(=O)Cl)c1.ClCCl.O=C(O)OO.[K][K]. The van der Waals surface area contributed by atoms with Crippen LogP contribution >= 0.6 is 34.8 Å². The minimum atomic E-state index is -1.69. The van der Waals surface area contributed by atoms with Crippen molar-refractivity contribution >= 4 is 127 Å². The molecule has 0 heterocycles. The third-order valence-electron chi connectivity index (χ3n) is 10.6. The van der Waals surface area contributed by atoms with Crippen molar-refractivity contribution in [2.75, 3.05) is 5.34 Å². The standard InChI is InChI=1S/C25H34N2O2.C16H26N2O.C9H9ClO.CH2Cl2.CH2O4.2K/c1-9-22(25(6,7)8)27(24(29)20-14-16(2)13-17(3)15-20)26-23(28)21-12-10-11-18(4)19(21)5;1-7-14(16(4,5)6)17-18-15(19)13-10-8-9-11(2)12(13)3;1-6-3-7(2)5-8(4-6)9(10)11;2-1-3;2-1(3)5-4;;/h10-15,22H,9H2,1-8H3,(H,26,28);8-10,14,17H,7H2,1-6H3,(H,18,19);3-5H,1-2H3;1H2;4H,(H,2,3);;. The number of benzene rings is 4. The Kier molecular flexibility index (Phi) is 35.6. The number of hydrogen-bond acceptors (Lipinski definition) is 8. The van der Waals surface area contributed by atoms with E-state index in [2.05, 4.69) is 69.6 Å². The first-order valence-electron chi connectivity index (χ1n) is 22.9. The van der Waals surface area contributed by atoms with E-state index in [0.29, 0.717) is 16.7 Å². The average molecular weight is 1070 g/mol. The molecule has 0 fully saturated rings. The fraction of sp³-hybridized carbons (Fsp3) is 0.442. The molecular weight excluding hydrogens is 993 g/mol. The summed E-state index contributed by atoms with van der Waals surface area (Å²) in [6.07, 6.45) is 0.00830. The van der Waals surface area contributed by atoms with Crippen LogP contribution in [-0.4, -0.2) is 125 Å². The van der Waals surface area contributed by atoms with E-state index in [1.54, 1.807) is 18.2 Å². The first-order chi connectivity index (χ1) is 32.0. The molecule has 0 aliphatic heterocycles. The molecule has 3 amide bonds. The van der Waals surface area contributed by atoms with E-state index >= 15 is 0 Å². The van der Waals surface area contributed by atoms with Crippen molar-refractivity contribution < 1.29 is 39.2 Å². The summed E-state index contributed by atoms with van der Waals surface area (Å²) in [5, 5.41) is 15.6. The number of amides is 3. The molecule has 4 aromatic carbocycles. The van der Waals surface area contributed by atoms with Gasteiger partial charge in [-0.2, -0.15) is 5.26 Å². The van der Waals surface area contributed by atoms with E-state index in [-0.39, 0.29) is 46.0 Å². The van der Waals surface area contributed by atoms with Crippen molar-refractivity contribution in [1.82, 2.24) is 21.3 Å². The summed E-state index contributed by atoms with van der Waals surface area (Å²) in [5.74, 6) is -0.507. The minimum absolute atomic E-state index is 0.0658. The summed E-state index contributed by atoms with van der Waals surface area (Å²) in [6, 6.07) is 22.9. The first-order valence-corrected chi connectivity index (χ1v) is 40.3. The van der Waals surface area contributed by atoms with Crippen LogP contribution in [-0.2, 0) is 4.89 Å². The number of nitrogens with zero attached hydrogens (tertiary/aromatic N) is 1. The maximum atomic E-state index is 13.5. The van der Waals surface area contributed by atoms with Gasteiger partial charge in [0.2, 0.25) is 0 Å². The van der Waals surface area contributed by atoms with Crippen LogP contribution in [0.4, 0.5) is 4.79 Å². The van der Waals surface area contributed by atoms with Crippen molar-refractivity contribution in [3.63, 3.8) is 0 Å². The van der Waals surface area contributed by atoms with Crippen LogP contribution in [0.3, 0.4) is 0 Å². The Morgan fingerprint density at radius 2 is 1.03 bits per heavy atom. The number of halogens is 3. The van der Waals surface area contributed by atoms with E-state index in [1.807, 2.05) is 117 Å². The van der Waals surface area contributed by atoms with Crippen molar-refractivity contribution in [3.05, 3.63) is 140 Å². The number of carboxylic acid groups (broad SMARTS) is 1. The number of nitrogens with one attached hydrogen (secondary N) is 3. The Bertz CT molecular complexity index is 2230. The number of hydrazine groups is 2. The molecule has 0 spiro atoms. The van der Waals surface area contributed by atoms with Gasteiger partial charge in [0, 0.05) is 28.3 Å². The van der Waals surface area contributed by atoms with E-state index in [9.17, 15) is 19.2 Å². The second kappa shape index (κ2) is 35.4. The number of hydrogen-bond donors (Lipinski definition) is 5. The van der Waals surface area contributed by atoms with Gasteiger partial charge < -0.3 is 5.11 Å². The zero-order valence-electron chi connectivity index (χ0n) is 44.1. The molecule has 0 aliphatic rings. The summed E-state index contributed by atoms with van der Waals surface area (Å²) < 4.78 is 0. The van der Waals surface area contributed by atoms with Crippen molar-refractivity contribution in [2.24, 2.45) is 10.8 Å². The monoisotopic (exact) mass is 1060 g/mol. The van der Waals surface area contributed by atoms with Crippen LogP contribution in [0.5, 0.6) is 0 Å². The van der Waals surface area contributed by atoms with Gasteiger partial charge in [-0.1, -0.05) is 114 Å². The number of rotatable bonds is 9. The molecule has 372 valence electrons. The van der Waals surface area contributed by atoms with Crippen LogP contribution in [0.15, 0.2) is 72.8 Å². The van der Waals surface area contributed by atoms with Crippen molar-refractivity contribution in [3.8, 4) is 0 Å². The first kappa shape index (κ1) is 69.4. The molecule has 0 radical (unpaired) electrons. The molecule has 5 N–H and O–H groups in total. The van der Waals surface area contributed by atoms with E-state index in [1.165, 1.54) is 68.2 Å². The summed E-state index contributed by atoms with van der Waals surface area (Å²) in [4.78, 5) is 61.1. The third kappa shape index (κ3) is 26.7. The molecule has 0 aliphatic carbocycles. The van der Waals surface area contributed by atoms with Crippen LogP contribution in [0, 0.1) is 66.2 Å². The van der Waals surface area contributed by atoms with Gasteiger partial charge in [-0.25, -0.2) is 15.2 Å². The van der Waals surface area contributed by atoms with Gasteiger partial charge in [0.1, 0.15) is 0 Å². The Morgan fingerprint density at radius 1 is 0.652 bits per heavy atom. The predicted molar refractivity (Wildman–Crippen MR) is 285 cm³/mol. The second-order valence-electron chi connectivity index (χ2n) is 18.3. The third-order valence-corrected chi connectivity index (χ3v) is 10.9. The number of carbonyl (C=O) groups excluding carboxylic acids is 4. The molecular formula is C52H73Cl3K2N4O8. The molecule has 12 nitrogen and oxygen atoms in total. The maximum absolute atomic E-state index is 13.5. The Morgan fingerprint density at radius 3 is 1.35 bits per heavy atom. The van der Waals surface area contributed by atoms with Gasteiger partial charge in [0.05, 0.1) is 11.4 Å². The zero-order valence-corrected chi connectivity index (χ0v) is 52.6. The van der Waals surface area contributed by atoms with Gasteiger partial charge in [0.15, 0.2) is 0 Å². The topological polar surface area (TPSA) is 174 Å². The molecule has 4 rings (SSSR count). The van der Waals surface area contributed by atoms with Gasteiger partial charge in [-0.15, -0.1) is 23.2 Å². The fourth-order valence-electron chi connectivity index (χ4n) is 7.09. The normalized spacial score (nSPS) is 11.2. The molecule has 2 unspecified atom stereocenters. The predicted octanol–water partition coefficient (Wildman–Crippen LogP) is 12.4. The van der Waals surface area contributed by atoms with Crippen molar-refractivity contribution in [2.45, 2.75) is 136 Å². The quantitative estimate of drug-likeness (QED) is 0.0359. The summed E-state index contributed by atoms with van der Waals surface area (Å²) in [7, 11) is 0. The van der Waals surface area contributed by atoms with Crippen molar-refractivity contribution in [1.29, 1.82) is 0 Å².